The maximum atomic E-state index is 12.1. The lowest BCUT2D eigenvalue weighted by molar-refractivity contribution is -0.118. The second-order valence-electron chi connectivity index (χ2n) is 8.47. The van der Waals surface area contributed by atoms with E-state index in [1.54, 1.807) is 6.92 Å². The molecular formula is C24H29N3O. The van der Waals surface area contributed by atoms with Crippen LogP contribution >= 0.6 is 0 Å². The minimum atomic E-state index is -0.217. The van der Waals surface area contributed by atoms with E-state index in [0.717, 1.165) is 16.9 Å². The number of hydrogen-bond donors (Lipinski definition) is 1. The first kappa shape index (κ1) is 19.9. The Hall–Kier alpha value is -2.88. The standard InChI is InChI=1S/C24H29N3O/c1-16(2)23(28)25-17(3)22-26-20-9-7-8-10-21(20)27(22)15-18-11-13-19(14-12-18)24(4,5)6/h7-14,17H,1,15H2,2-6H3,(H,25,28). The molecule has 146 valence electrons. The first-order valence-electron chi connectivity index (χ1n) is 9.68. The fourth-order valence-electron chi connectivity index (χ4n) is 3.27. The molecule has 0 aliphatic rings. The van der Waals surface area contributed by atoms with Gasteiger partial charge in [0.15, 0.2) is 0 Å². The van der Waals surface area contributed by atoms with Crippen LogP contribution in [0.15, 0.2) is 60.7 Å². The Labute approximate surface area is 167 Å². The minimum absolute atomic E-state index is 0.132. The lowest BCUT2D eigenvalue weighted by Crippen LogP contribution is -2.29. The second-order valence-corrected chi connectivity index (χ2v) is 8.47. The predicted octanol–water partition coefficient (Wildman–Crippen LogP) is 5.14. The lowest BCUT2D eigenvalue weighted by atomic mass is 9.87. The van der Waals surface area contributed by atoms with E-state index in [1.165, 1.54) is 11.1 Å². The number of imidazole rings is 1. The molecule has 1 unspecified atom stereocenters. The summed E-state index contributed by atoms with van der Waals surface area (Å²) in [7, 11) is 0. The van der Waals surface area contributed by atoms with E-state index in [2.05, 4.69) is 67.6 Å². The first-order chi connectivity index (χ1) is 13.2. The molecule has 0 radical (unpaired) electrons. The predicted molar refractivity (Wildman–Crippen MR) is 115 cm³/mol. The summed E-state index contributed by atoms with van der Waals surface area (Å²) in [6, 6.07) is 16.6. The van der Waals surface area contributed by atoms with E-state index < -0.39 is 0 Å². The zero-order valence-electron chi connectivity index (χ0n) is 17.4. The summed E-state index contributed by atoms with van der Waals surface area (Å²) in [5, 5.41) is 2.99. The normalized spacial score (nSPS) is 12.8. The molecule has 3 rings (SSSR count). The van der Waals surface area contributed by atoms with Gasteiger partial charge < -0.3 is 9.88 Å². The molecule has 28 heavy (non-hydrogen) atoms. The number of carbonyl (C=O) groups is 1. The molecule has 0 saturated heterocycles. The van der Waals surface area contributed by atoms with Crippen LogP contribution in [0.2, 0.25) is 0 Å². The number of aromatic nitrogens is 2. The zero-order chi connectivity index (χ0) is 20.5. The number of para-hydroxylation sites is 2. The number of amides is 1. The van der Waals surface area contributed by atoms with E-state index in [9.17, 15) is 4.79 Å². The van der Waals surface area contributed by atoms with Crippen molar-refractivity contribution < 1.29 is 4.79 Å². The molecular weight excluding hydrogens is 346 g/mol. The molecule has 2 aromatic carbocycles. The number of fused-ring (bicyclic) bond motifs is 1. The fraction of sp³-hybridized carbons (Fsp3) is 0.333. The SMILES string of the molecule is C=C(C)C(=O)NC(C)c1nc2ccccc2n1Cc1ccc(C(C)(C)C)cc1. The molecule has 1 aromatic heterocycles. The quantitative estimate of drug-likeness (QED) is 0.628. The van der Waals surface area contributed by atoms with Gasteiger partial charge in [-0.05, 0) is 42.5 Å². The van der Waals surface area contributed by atoms with Crippen LogP contribution in [0, 0.1) is 0 Å². The largest absolute Gasteiger partial charge is 0.343 e. The number of benzene rings is 2. The minimum Gasteiger partial charge on any atom is -0.343 e. The Bertz CT molecular complexity index is 1010. The summed E-state index contributed by atoms with van der Waals surface area (Å²) in [4.78, 5) is 16.9. The summed E-state index contributed by atoms with van der Waals surface area (Å²) < 4.78 is 2.19. The van der Waals surface area contributed by atoms with E-state index in [4.69, 9.17) is 4.98 Å². The van der Waals surface area contributed by atoms with Gasteiger partial charge in [0.25, 0.3) is 0 Å². The Morgan fingerprint density at radius 3 is 2.39 bits per heavy atom. The molecule has 1 amide bonds. The topological polar surface area (TPSA) is 46.9 Å². The molecule has 3 aromatic rings. The third-order valence-corrected chi connectivity index (χ3v) is 4.97. The molecule has 4 heteroatoms. The molecule has 1 N–H and O–H groups in total. The van der Waals surface area contributed by atoms with Gasteiger partial charge in [-0.2, -0.15) is 0 Å². The molecule has 0 bridgehead atoms. The van der Waals surface area contributed by atoms with Crippen molar-refractivity contribution in [1.82, 2.24) is 14.9 Å². The van der Waals surface area contributed by atoms with E-state index in [1.807, 2.05) is 25.1 Å². The Kier molecular flexibility index (Phi) is 5.41. The van der Waals surface area contributed by atoms with Gasteiger partial charge in [0.1, 0.15) is 5.82 Å². The van der Waals surface area contributed by atoms with Gasteiger partial charge in [-0.25, -0.2) is 4.98 Å². The number of nitrogens with one attached hydrogen (secondary N) is 1. The molecule has 0 spiro atoms. The monoisotopic (exact) mass is 375 g/mol. The smallest absolute Gasteiger partial charge is 0.246 e. The third-order valence-electron chi connectivity index (χ3n) is 4.97. The van der Waals surface area contributed by atoms with E-state index in [0.29, 0.717) is 12.1 Å². The van der Waals surface area contributed by atoms with Crippen LogP contribution < -0.4 is 5.32 Å². The highest BCUT2D eigenvalue weighted by atomic mass is 16.1. The average molecular weight is 376 g/mol. The molecule has 0 aliphatic heterocycles. The zero-order valence-corrected chi connectivity index (χ0v) is 17.4. The van der Waals surface area contributed by atoms with Gasteiger partial charge in [0.05, 0.1) is 17.1 Å². The highest BCUT2D eigenvalue weighted by Gasteiger charge is 2.19. The highest BCUT2D eigenvalue weighted by Crippen LogP contribution is 2.25. The van der Waals surface area contributed by atoms with Crippen molar-refractivity contribution in [2.75, 3.05) is 0 Å². The van der Waals surface area contributed by atoms with Crippen molar-refractivity contribution in [2.24, 2.45) is 0 Å². The molecule has 4 nitrogen and oxygen atoms in total. The van der Waals surface area contributed by atoms with Crippen molar-refractivity contribution in [3.05, 3.63) is 77.6 Å². The lowest BCUT2D eigenvalue weighted by Gasteiger charge is -2.20. The van der Waals surface area contributed by atoms with Crippen LogP contribution in [0.5, 0.6) is 0 Å². The number of nitrogens with zero attached hydrogens (tertiary/aromatic N) is 2. The van der Waals surface area contributed by atoms with Gasteiger partial charge in [-0.15, -0.1) is 0 Å². The van der Waals surface area contributed by atoms with E-state index in [-0.39, 0.29) is 17.4 Å². The van der Waals surface area contributed by atoms with Crippen LogP contribution in [0.4, 0.5) is 0 Å². The number of carbonyl (C=O) groups excluding carboxylic acids is 1. The summed E-state index contributed by atoms with van der Waals surface area (Å²) in [5.41, 5.74) is 5.14. The van der Waals surface area contributed by atoms with Crippen molar-refractivity contribution >= 4 is 16.9 Å². The first-order valence-corrected chi connectivity index (χ1v) is 9.68. The van der Waals surface area contributed by atoms with Gasteiger partial charge in [0.2, 0.25) is 5.91 Å². The summed E-state index contributed by atoms with van der Waals surface area (Å²) >= 11 is 0. The van der Waals surface area contributed by atoms with Gasteiger partial charge in [-0.1, -0.05) is 63.7 Å². The van der Waals surface area contributed by atoms with E-state index >= 15 is 0 Å². The maximum Gasteiger partial charge on any atom is 0.246 e. The summed E-state index contributed by atoms with van der Waals surface area (Å²) in [6.07, 6.45) is 0. The van der Waals surface area contributed by atoms with Crippen molar-refractivity contribution in [2.45, 2.75) is 52.6 Å². The van der Waals surface area contributed by atoms with Gasteiger partial charge >= 0.3 is 0 Å². The molecule has 1 heterocycles. The fourth-order valence-corrected chi connectivity index (χ4v) is 3.27. The summed E-state index contributed by atoms with van der Waals surface area (Å²) in [5.74, 6) is 0.691. The molecule has 0 saturated carbocycles. The molecule has 0 fully saturated rings. The number of rotatable bonds is 5. The summed E-state index contributed by atoms with van der Waals surface area (Å²) in [6.45, 7) is 14.7. The Balaban J connectivity index is 1.97. The molecule has 1 atom stereocenters. The third kappa shape index (κ3) is 4.16. The molecule has 0 aliphatic carbocycles. The van der Waals surface area contributed by atoms with Crippen LogP contribution in [0.3, 0.4) is 0 Å². The van der Waals surface area contributed by atoms with Crippen molar-refractivity contribution in [3.8, 4) is 0 Å². The number of hydrogen-bond acceptors (Lipinski definition) is 2. The van der Waals surface area contributed by atoms with Gasteiger partial charge in [-0.3, -0.25) is 4.79 Å². The Morgan fingerprint density at radius 2 is 1.79 bits per heavy atom. The van der Waals surface area contributed by atoms with Crippen LogP contribution in [-0.4, -0.2) is 15.5 Å². The second kappa shape index (κ2) is 7.63. The van der Waals surface area contributed by atoms with Crippen LogP contribution in [0.1, 0.15) is 57.6 Å². The van der Waals surface area contributed by atoms with Crippen LogP contribution in [-0.2, 0) is 16.8 Å². The highest BCUT2D eigenvalue weighted by molar-refractivity contribution is 5.92. The van der Waals surface area contributed by atoms with Gasteiger partial charge in [0, 0.05) is 12.1 Å². The van der Waals surface area contributed by atoms with Crippen LogP contribution in [0.25, 0.3) is 11.0 Å². The van der Waals surface area contributed by atoms with Crippen molar-refractivity contribution in [3.63, 3.8) is 0 Å². The van der Waals surface area contributed by atoms with Crippen molar-refractivity contribution in [1.29, 1.82) is 0 Å². The average Bonchev–Trinajstić information content (AvgIpc) is 3.00. The Morgan fingerprint density at radius 1 is 1.14 bits per heavy atom. The maximum absolute atomic E-state index is 12.1.